The molecule has 0 aliphatic heterocycles. The van der Waals surface area contributed by atoms with Gasteiger partial charge in [-0.1, -0.05) is 34.6 Å². The summed E-state index contributed by atoms with van der Waals surface area (Å²) < 4.78 is 0. The maximum Gasteiger partial charge on any atom is 0.00561 e. The summed E-state index contributed by atoms with van der Waals surface area (Å²) in [4.78, 5) is 0. The fourth-order valence-corrected chi connectivity index (χ4v) is 3.79. The van der Waals surface area contributed by atoms with E-state index in [4.69, 9.17) is 17.2 Å². The van der Waals surface area contributed by atoms with Crippen LogP contribution in [0.3, 0.4) is 0 Å². The quantitative estimate of drug-likeness (QED) is 0.692. The minimum absolute atomic E-state index is 0. The van der Waals surface area contributed by atoms with E-state index in [1.807, 2.05) is 0 Å². The molecule has 0 amide bonds. The van der Waals surface area contributed by atoms with E-state index in [9.17, 15) is 0 Å². The van der Waals surface area contributed by atoms with Gasteiger partial charge in [0.2, 0.25) is 0 Å². The van der Waals surface area contributed by atoms with Crippen LogP contribution in [0.4, 0.5) is 0 Å². The van der Waals surface area contributed by atoms with E-state index in [-0.39, 0.29) is 7.43 Å². The molecule has 5 unspecified atom stereocenters. The third kappa shape index (κ3) is 7.05. The molecule has 2 fully saturated rings. The summed E-state index contributed by atoms with van der Waals surface area (Å²) in [6.45, 7) is 7.81. The fourth-order valence-electron chi connectivity index (χ4n) is 3.79. The molecule has 122 valence electrons. The molecule has 3 heteroatoms. The fraction of sp³-hybridized carbons (Fsp3) is 1.00. The Morgan fingerprint density at radius 2 is 1.35 bits per heavy atom. The van der Waals surface area contributed by atoms with Gasteiger partial charge in [0.15, 0.2) is 0 Å². The summed E-state index contributed by atoms with van der Waals surface area (Å²) >= 11 is 0. The maximum atomic E-state index is 5.74. The van der Waals surface area contributed by atoms with Crippen molar-refractivity contribution in [2.24, 2.45) is 40.9 Å². The molecule has 0 heterocycles. The molecule has 5 atom stereocenters. The SMILES string of the molecule is C.CC1CC(N)CC(N)C1.CC1CCC(CN)C(C)C1. The third-order valence-corrected chi connectivity index (χ3v) is 4.93. The highest BCUT2D eigenvalue weighted by atomic mass is 14.7. The van der Waals surface area contributed by atoms with E-state index in [2.05, 4.69) is 20.8 Å². The van der Waals surface area contributed by atoms with Crippen molar-refractivity contribution in [3.8, 4) is 0 Å². The molecule has 0 aromatic heterocycles. The van der Waals surface area contributed by atoms with Crippen LogP contribution < -0.4 is 17.2 Å². The standard InChI is InChI=1S/C9H19N.C7H16N2.CH4/c1-7-3-4-9(6-10)8(2)5-7;1-5-2-6(8)4-7(9)3-5;/h7-9H,3-6,10H2,1-2H3;5-7H,2-4,8-9H2,1H3;1H4. The summed E-state index contributed by atoms with van der Waals surface area (Å²) in [7, 11) is 0. The predicted octanol–water partition coefficient (Wildman–Crippen LogP) is 3.11. The molecule has 0 bridgehead atoms. The van der Waals surface area contributed by atoms with E-state index in [1.54, 1.807) is 0 Å². The molecule has 0 aromatic carbocycles. The van der Waals surface area contributed by atoms with Gasteiger partial charge < -0.3 is 17.2 Å². The molecule has 0 radical (unpaired) electrons. The van der Waals surface area contributed by atoms with Gasteiger partial charge in [0.25, 0.3) is 0 Å². The Labute approximate surface area is 127 Å². The first-order valence-electron chi connectivity index (χ1n) is 8.13. The van der Waals surface area contributed by atoms with E-state index in [0.29, 0.717) is 12.1 Å². The van der Waals surface area contributed by atoms with Crippen molar-refractivity contribution in [2.45, 2.75) is 78.8 Å². The average Bonchev–Trinajstić information content (AvgIpc) is 2.27. The van der Waals surface area contributed by atoms with Crippen LogP contribution in [0.2, 0.25) is 0 Å². The van der Waals surface area contributed by atoms with Crippen molar-refractivity contribution in [3.63, 3.8) is 0 Å². The topological polar surface area (TPSA) is 78.1 Å². The smallest absolute Gasteiger partial charge is 0.00561 e. The number of hydrogen-bond donors (Lipinski definition) is 3. The Hall–Kier alpha value is -0.120. The lowest BCUT2D eigenvalue weighted by Gasteiger charge is -2.31. The molecule has 6 N–H and O–H groups in total. The Kier molecular flexibility index (Phi) is 9.69. The molecule has 0 aromatic rings. The van der Waals surface area contributed by atoms with Gasteiger partial charge in [0, 0.05) is 12.1 Å². The van der Waals surface area contributed by atoms with Gasteiger partial charge in [-0.15, -0.1) is 0 Å². The van der Waals surface area contributed by atoms with Crippen LogP contribution in [0, 0.1) is 23.7 Å². The van der Waals surface area contributed by atoms with Crippen LogP contribution in [0.25, 0.3) is 0 Å². The van der Waals surface area contributed by atoms with Gasteiger partial charge in [0.05, 0.1) is 0 Å². The highest BCUT2D eigenvalue weighted by Crippen LogP contribution is 2.32. The molecule has 20 heavy (non-hydrogen) atoms. The van der Waals surface area contributed by atoms with E-state index in [0.717, 1.165) is 49.5 Å². The summed E-state index contributed by atoms with van der Waals surface area (Å²) in [5.74, 6) is 3.37. The van der Waals surface area contributed by atoms with Crippen molar-refractivity contribution in [2.75, 3.05) is 6.54 Å². The first-order valence-corrected chi connectivity index (χ1v) is 8.13. The Balaban J connectivity index is 0.000000345. The number of nitrogens with two attached hydrogens (primary N) is 3. The Morgan fingerprint density at radius 1 is 0.800 bits per heavy atom. The van der Waals surface area contributed by atoms with Crippen molar-refractivity contribution >= 4 is 0 Å². The zero-order chi connectivity index (χ0) is 14.4. The minimum atomic E-state index is 0. The van der Waals surface area contributed by atoms with Crippen LogP contribution in [0.15, 0.2) is 0 Å². The lowest BCUT2D eigenvalue weighted by Crippen LogP contribution is -2.38. The van der Waals surface area contributed by atoms with E-state index >= 15 is 0 Å². The summed E-state index contributed by atoms with van der Waals surface area (Å²) in [5.41, 5.74) is 17.1. The summed E-state index contributed by atoms with van der Waals surface area (Å²) in [6.07, 6.45) is 7.48. The number of rotatable bonds is 1. The van der Waals surface area contributed by atoms with E-state index in [1.165, 1.54) is 19.3 Å². The largest absolute Gasteiger partial charge is 0.330 e. The van der Waals surface area contributed by atoms with E-state index < -0.39 is 0 Å². The van der Waals surface area contributed by atoms with Crippen LogP contribution in [0.5, 0.6) is 0 Å². The molecular weight excluding hydrogens is 246 g/mol. The molecule has 2 rings (SSSR count). The molecule has 0 spiro atoms. The lowest BCUT2D eigenvalue weighted by molar-refractivity contribution is 0.210. The van der Waals surface area contributed by atoms with Crippen LogP contribution in [-0.2, 0) is 0 Å². The first kappa shape index (κ1) is 19.9. The lowest BCUT2D eigenvalue weighted by atomic mass is 9.76. The van der Waals surface area contributed by atoms with Gasteiger partial charge in [-0.05, 0) is 62.3 Å². The van der Waals surface area contributed by atoms with Crippen molar-refractivity contribution < 1.29 is 0 Å². The van der Waals surface area contributed by atoms with Gasteiger partial charge >= 0.3 is 0 Å². The second-order valence-corrected chi connectivity index (χ2v) is 7.22. The normalized spacial score (nSPS) is 41.1. The maximum absolute atomic E-state index is 5.74. The second kappa shape index (κ2) is 9.75. The highest BCUT2D eigenvalue weighted by Gasteiger charge is 2.23. The van der Waals surface area contributed by atoms with Crippen molar-refractivity contribution in [3.05, 3.63) is 0 Å². The number of hydrogen-bond acceptors (Lipinski definition) is 3. The van der Waals surface area contributed by atoms with Crippen LogP contribution in [0.1, 0.15) is 66.7 Å². The molecule has 2 saturated carbocycles. The summed E-state index contributed by atoms with van der Waals surface area (Å²) in [6, 6.07) is 0.729. The zero-order valence-corrected chi connectivity index (χ0v) is 13.1. The van der Waals surface area contributed by atoms with Gasteiger partial charge in [-0.25, -0.2) is 0 Å². The monoisotopic (exact) mass is 285 g/mol. The minimum Gasteiger partial charge on any atom is -0.330 e. The third-order valence-electron chi connectivity index (χ3n) is 4.93. The van der Waals surface area contributed by atoms with Crippen molar-refractivity contribution in [1.82, 2.24) is 0 Å². The molecule has 2 aliphatic rings. The van der Waals surface area contributed by atoms with Crippen LogP contribution >= 0.6 is 0 Å². The summed E-state index contributed by atoms with van der Waals surface area (Å²) in [5, 5.41) is 0. The Bertz CT molecular complexity index is 219. The van der Waals surface area contributed by atoms with Gasteiger partial charge in [-0.2, -0.15) is 0 Å². The highest BCUT2D eigenvalue weighted by molar-refractivity contribution is 4.80. The van der Waals surface area contributed by atoms with Gasteiger partial charge in [-0.3, -0.25) is 0 Å². The average molecular weight is 286 g/mol. The zero-order valence-electron chi connectivity index (χ0n) is 13.1. The Morgan fingerprint density at radius 3 is 1.75 bits per heavy atom. The molecular formula is C17H39N3. The molecule has 2 aliphatic carbocycles. The van der Waals surface area contributed by atoms with Gasteiger partial charge in [0.1, 0.15) is 0 Å². The molecule has 0 saturated heterocycles. The van der Waals surface area contributed by atoms with Crippen LogP contribution in [-0.4, -0.2) is 18.6 Å². The second-order valence-electron chi connectivity index (χ2n) is 7.22. The first-order chi connectivity index (χ1) is 8.92. The molecule has 3 nitrogen and oxygen atoms in total. The predicted molar refractivity (Wildman–Crippen MR) is 90.4 cm³/mol. The van der Waals surface area contributed by atoms with Crippen molar-refractivity contribution in [1.29, 1.82) is 0 Å².